The van der Waals surface area contributed by atoms with Crippen LogP contribution >= 0.6 is 23.2 Å². The van der Waals surface area contributed by atoms with E-state index in [4.69, 9.17) is 37.4 Å². The van der Waals surface area contributed by atoms with Crippen molar-refractivity contribution in [2.45, 2.75) is 44.6 Å². The number of hydrogen-bond donors (Lipinski definition) is 1. The number of hydrogen-bond acceptors (Lipinski definition) is 7. The molecule has 0 spiro atoms. The zero-order chi connectivity index (χ0) is 25.6. The Balaban J connectivity index is 1.28. The predicted octanol–water partition coefficient (Wildman–Crippen LogP) is 6.74. The average molecular weight is 546 g/mol. The number of rotatable bonds is 8. The van der Waals surface area contributed by atoms with E-state index in [-0.39, 0.29) is 6.10 Å². The lowest BCUT2D eigenvalue weighted by atomic mass is 9.89. The molecule has 1 saturated heterocycles. The molecule has 1 unspecified atom stereocenters. The summed E-state index contributed by atoms with van der Waals surface area (Å²) < 4.78 is 18.1. The number of aromatic nitrogens is 2. The Morgan fingerprint density at radius 1 is 1.03 bits per heavy atom. The van der Waals surface area contributed by atoms with Crippen molar-refractivity contribution in [3.8, 4) is 11.5 Å². The first-order valence-corrected chi connectivity index (χ1v) is 13.9. The second kappa shape index (κ2) is 12.5. The zero-order valence-corrected chi connectivity index (χ0v) is 22.7. The number of nitrogens with one attached hydrogen (secondary N) is 1. The summed E-state index contributed by atoms with van der Waals surface area (Å²) in [5, 5.41) is 5.07. The maximum Gasteiger partial charge on any atom is 0.163 e. The van der Waals surface area contributed by atoms with Crippen molar-refractivity contribution in [3.05, 3.63) is 46.7 Å². The van der Waals surface area contributed by atoms with E-state index in [0.29, 0.717) is 34.0 Å². The number of halogens is 2. The topological polar surface area (TPSA) is 68.7 Å². The van der Waals surface area contributed by atoms with Crippen LogP contribution in [0.2, 0.25) is 10.0 Å². The first-order chi connectivity index (χ1) is 18.1. The van der Waals surface area contributed by atoms with Gasteiger partial charge in [0.05, 0.1) is 22.7 Å². The van der Waals surface area contributed by atoms with E-state index < -0.39 is 0 Å². The molecule has 198 valence electrons. The van der Waals surface area contributed by atoms with Gasteiger partial charge in [0.25, 0.3) is 0 Å². The molecule has 0 amide bonds. The number of anilines is 2. The van der Waals surface area contributed by atoms with Crippen LogP contribution in [-0.4, -0.2) is 60.9 Å². The normalized spacial score (nSPS) is 19.5. The van der Waals surface area contributed by atoms with E-state index in [2.05, 4.69) is 20.2 Å². The van der Waals surface area contributed by atoms with Gasteiger partial charge in [-0.2, -0.15) is 0 Å². The van der Waals surface area contributed by atoms with Crippen LogP contribution < -0.4 is 14.8 Å². The summed E-state index contributed by atoms with van der Waals surface area (Å²) >= 11 is 12.2. The Hall–Kier alpha value is -2.32. The van der Waals surface area contributed by atoms with Gasteiger partial charge in [0.1, 0.15) is 24.9 Å². The van der Waals surface area contributed by atoms with Crippen LogP contribution in [0.25, 0.3) is 10.9 Å². The Kier molecular flexibility index (Phi) is 8.87. The van der Waals surface area contributed by atoms with Crippen molar-refractivity contribution in [2.75, 3.05) is 45.3 Å². The van der Waals surface area contributed by atoms with Gasteiger partial charge in [-0.05, 0) is 49.4 Å². The molecule has 1 aliphatic heterocycles. The minimum absolute atomic E-state index is 0.0174. The van der Waals surface area contributed by atoms with Crippen LogP contribution in [0.4, 0.5) is 11.5 Å². The Morgan fingerprint density at radius 3 is 2.70 bits per heavy atom. The van der Waals surface area contributed by atoms with E-state index in [1.165, 1.54) is 45.0 Å². The molecule has 37 heavy (non-hydrogen) atoms. The highest BCUT2D eigenvalue weighted by Gasteiger charge is 2.24. The van der Waals surface area contributed by atoms with Gasteiger partial charge in [-0.15, -0.1) is 0 Å². The van der Waals surface area contributed by atoms with Gasteiger partial charge in [0, 0.05) is 43.4 Å². The van der Waals surface area contributed by atoms with Gasteiger partial charge < -0.3 is 24.4 Å². The van der Waals surface area contributed by atoms with Gasteiger partial charge in [0.15, 0.2) is 11.5 Å². The number of methoxy groups -OCH3 is 1. The van der Waals surface area contributed by atoms with Crippen molar-refractivity contribution in [1.29, 1.82) is 0 Å². The van der Waals surface area contributed by atoms with Gasteiger partial charge in [-0.25, -0.2) is 9.97 Å². The van der Waals surface area contributed by atoms with Crippen LogP contribution in [0, 0.1) is 5.92 Å². The minimum Gasteiger partial charge on any atom is -0.493 e. The molecule has 1 N–H and O–H groups in total. The third kappa shape index (κ3) is 6.77. The zero-order valence-electron chi connectivity index (χ0n) is 21.2. The van der Waals surface area contributed by atoms with E-state index in [1.807, 2.05) is 18.2 Å². The molecule has 9 heteroatoms. The molecule has 1 aliphatic carbocycles. The third-order valence-corrected chi connectivity index (χ3v) is 7.94. The third-order valence-electron chi connectivity index (χ3n) is 7.20. The smallest absolute Gasteiger partial charge is 0.163 e. The van der Waals surface area contributed by atoms with E-state index >= 15 is 0 Å². The van der Waals surface area contributed by atoms with E-state index in [1.54, 1.807) is 19.2 Å². The van der Waals surface area contributed by atoms with Gasteiger partial charge in [-0.1, -0.05) is 42.5 Å². The van der Waals surface area contributed by atoms with Crippen molar-refractivity contribution < 1.29 is 14.2 Å². The highest BCUT2D eigenvalue weighted by atomic mass is 35.5. The highest BCUT2D eigenvalue weighted by Crippen LogP contribution is 2.36. The Morgan fingerprint density at radius 2 is 1.89 bits per heavy atom. The number of benzene rings is 2. The summed E-state index contributed by atoms with van der Waals surface area (Å²) in [6.07, 6.45) is 9.46. The van der Waals surface area contributed by atoms with E-state index in [9.17, 15) is 0 Å². The first kappa shape index (κ1) is 26.3. The van der Waals surface area contributed by atoms with Crippen molar-refractivity contribution in [3.63, 3.8) is 0 Å². The van der Waals surface area contributed by atoms with Gasteiger partial charge in [-0.3, -0.25) is 0 Å². The summed E-state index contributed by atoms with van der Waals surface area (Å²) in [6, 6.07) is 9.15. The minimum atomic E-state index is 0.0174. The van der Waals surface area contributed by atoms with Gasteiger partial charge >= 0.3 is 0 Å². The second-order valence-electron chi connectivity index (χ2n) is 9.92. The molecule has 1 saturated carbocycles. The fourth-order valence-electron chi connectivity index (χ4n) is 5.30. The lowest BCUT2D eigenvalue weighted by Crippen LogP contribution is -2.38. The molecule has 1 atom stereocenters. The largest absolute Gasteiger partial charge is 0.493 e. The lowest BCUT2D eigenvalue weighted by molar-refractivity contribution is 0.0182. The maximum absolute atomic E-state index is 6.27. The average Bonchev–Trinajstić information content (AvgIpc) is 3.14. The predicted molar refractivity (Wildman–Crippen MR) is 149 cm³/mol. The Bertz CT molecular complexity index is 1210. The quantitative estimate of drug-likeness (QED) is 0.336. The molecule has 2 aliphatic rings. The Labute approximate surface area is 228 Å². The number of fused-ring (bicyclic) bond motifs is 1. The summed E-state index contributed by atoms with van der Waals surface area (Å²) in [5.74, 6) is 2.71. The molecule has 2 fully saturated rings. The molecule has 7 nitrogen and oxygen atoms in total. The lowest BCUT2D eigenvalue weighted by Gasteiger charge is -2.30. The van der Waals surface area contributed by atoms with Crippen LogP contribution in [0.3, 0.4) is 0 Å². The van der Waals surface area contributed by atoms with Crippen LogP contribution in [0.5, 0.6) is 11.5 Å². The number of nitrogens with zero attached hydrogens (tertiary/aromatic N) is 3. The molecule has 0 radical (unpaired) electrons. The molecule has 3 aromatic rings. The molecular formula is C28H34Cl2N4O3. The van der Waals surface area contributed by atoms with Crippen molar-refractivity contribution >= 4 is 45.6 Å². The molecule has 5 rings (SSSR count). The summed E-state index contributed by atoms with van der Waals surface area (Å²) in [6.45, 7) is 4.39. The molecular weight excluding hydrogens is 511 g/mol. The summed E-state index contributed by atoms with van der Waals surface area (Å²) in [5.41, 5.74) is 1.52. The fourth-order valence-corrected chi connectivity index (χ4v) is 5.60. The molecule has 2 heterocycles. The SMILES string of the molecule is COc1cc2c(Nc3ccc(Cl)c(Cl)c3)ncnc2cc1OCC1CN(CC2CCCCC2)CCCO1. The summed E-state index contributed by atoms with van der Waals surface area (Å²) in [4.78, 5) is 11.5. The van der Waals surface area contributed by atoms with E-state index in [0.717, 1.165) is 48.6 Å². The van der Waals surface area contributed by atoms with Crippen LogP contribution in [0.15, 0.2) is 36.7 Å². The standard InChI is InChI=1S/C28H34Cl2N4O3/c1-35-26-13-22-25(31-18-32-28(22)33-20-8-9-23(29)24(30)12-20)14-27(26)37-17-21-16-34(10-5-11-36-21)15-19-6-3-2-4-7-19/h8-9,12-14,18-19,21H,2-7,10-11,15-17H2,1H3,(H,31,32,33). The van der Waals surface area contributed by atoms with Gasteiger partial charge in [0.2, 0.25) is 0 Å². The van der Waals surface area contributed by atoms with Crippen LogP contribution in [0.1, 0.15) is 38.5 Å². The maximum atomic E-state index is 6.27. The monoisotopic (exact) mass is 544 g/mol. The first-order valence-electron chi connectivity index (χ1n) is 13.1. The number of ether oxygens (including phenoxy) is 3. The fraction of sp³-hybridized carbons (Fsp3) is 0.500. The van der Waals surface area contributed by atoms with Crippen molar-refractivity contribution in [1.82, 2.24) is 14.9 Å². The molecule has 1 aromatic heterocycles. The molecule has 0 bridgehead atoms. The second-order valence-corrected chi connectivity index (χ2v) is 10.7. The van der Waals surface area contributed by atoms with Crippen molar-refractivity contribution in [2.24, 2.45) is 5.92 Å². The summed E-state index contributed by atoms with van der Waals surface area (Å²) in [7, 11) is 1.64. The molecule has 2 aromatic carbocycles. The highest BCUT2D eigenvalue weighted by molar-refractivity contribution is 6.42. The van der Waals surface area contributed by atoms with Crippen LogP contribution in [-0.2, 0) is 4.74 Å².